The lowest BCUT2D eigenvalue weighted by atomic mass is 10.2. The molecule has 25 heavy (non-hydrogen) atoms. The molecule has 0 aliphatic heterocycles. The van der Waals surface area contributed by atoms with Gasteiger partial charge in [0.15, 0.2) is 0 Å². The van der Waals surface area contributed by atoms with Crippen molar-refractivity contribution in [1.82, 2.24) is 0 Å². The molecule has 0 aromatic heterocycles. The van der Waals surface area contributed by atoms with Crippen LogP contribution in [0.1, 0.15) is 6.92 Å². The van der Waals surface area contributed by atoms with Crippen molar-refractivity contribution in [2.45, 2.75) is 17.9 Å². The Morgan fingerprint density at radius 2 is 1.76 bits per heavy atom. The lowest BCUT2D eigenvalue weighted by molar-refractivity contribution is -0.116. The van der Waals surface area contributed by atoms with Crippen LogP contribution < -0.4 is 9.62 Å². The zero-order chi connectivity index (χ0) is 18.6. The number of hydrogen-bond acceptors (Lipinski definition) is 4. The molecule has 134 valence electrons. The summed E-state index contributed by atoms with van der Waals surface area (Å²) in [5, 5.41) is 2.71. The third-order valence-corrected chi connectivity index (χ3v) is 5.57. The average Bonchev–Trinajstić information content (AvgIpc) is 2.56. The molecule has 0 radical (unpaired) electrons. The number of hydrogen-bond donors (Lipinski definition) is 1. The summed E-state index contributed by atoms with van der Waals surface area (Å²) < 4.78 is 39.3. The minimum atomic E-state index is -3.87. The SMILES string of the molecule is CSc1ccccc1NC(=O)[C@@H](C)N(c1ccccc1F)S(C)(=O)=O. The van der Waals surface area contributed by atoms with Gasteiger partial charge < -0.3 is 5.32 Å². The van der Waals surface area contributed by atoms with E-state index in [0.717, 1.165) is 21.5 Å². The summed E-state index contributed by atoms with van der Waals surface area (Å²) in [4.78, 5) is 13.5. The van der Waals surface area contributed by atoms with Gasteiger partial charge in [0.25, 0.3) is 0 Å². The molecule has 0 aliphatic carbocycles. The predicted octanol–water partition coefficient (Wildman–Crippen LogP) is 3.34. The quantitative estimate of drug-likeness (QED) is 0.778. The molecule has 1 atom stereocenters. The molecule has 5 nitrogen and oxygen atoms in total. The van der Waals surface area contributed by atoms with Crippen LogP contribution in [0.5, 0.6) is 0 Å². The Morgan fingerprint density at radius 1 is 1.16 bits per heavy atom. The molecule has 0 saturated carbocycles. The van der Waals surface area contributed by atoms with E-state index in [9.17, 15) is 17.6 Å². The number of benzene rings is 2. The fourth-order valence-corrected chi connectivity index (χ4v) is 4.13. The number of nitrogens with zero attached hydrogens (tertiary/aromatic N) is 1. The Balaban J connectivity index is 2.36. The van der Waals surface area contributed by atoms with Crippen LogP contribution in [-0.4, -0.2) is 32.9 Å². The number of nitrogens with one attached hydrogen (secondary N) is 1. The van der Waals surface area contributed by atoms with Crippen LogP contribution in [0.15, 0.2) is 53.4 Å². The molecule has 0 fully saturated rings. The number of amides is 1. The maximum absolute atomic E-state index is 14.1. The van der Waals surface area contributed by atoms with Gasteiger partial charge in [-0.1, -0.05) is 24.3 Å². The number of halogens is 1. The van der Waals surface area contributed by atoms with Crippen molar-refractivity contribution in [2.24, 2.45) is 0 Å². The van der Waals surface area contributed by atoms with Crippen molar-refractivity contribution in [1.29, 1.82) is 0 Å². The van der Waals surface area contributed by atoms with Gasteiger partial charge in [-0.25, -0.2) is 12.8 Å². The fourth-order valence-electron chi connectivity index (χ4n) is 2.40. The highest BCUT2D eigenvalue weighted by Crippen LogP contribution is 2.27. The number of para-hydroxylation sites is 2. The normalized spacial score (nSPS) is 12.5. The van der Waals surface area contributed by atoms with E-state index in [1.807, 2.05) is 18.4 Å². The molecule has 1 amide bonds. The maximum Gasteiger partial charge on any atom is 0.248 e. The second kappa shape index (κ2) is 7.88. The van der Waals surface area contributed by atoms with E-state index >= 15 is 0 Å². The number of rotatable bonds is 6. The third-order valence-electron chi connectivity index (χ3n) is 3.54. The topological polar surface area (TPSA) is 66.5 Å². The summed E-state index contributed by atoms with van der Waals surface area (Å²) in [7, 11) is -3.87. The largest absolute Gasteiger partial charge is 0.323 e. The number of anilines is 2. The second-order valence-electron chi connectivity index (χ2n) is 5.38. The van der Waals surface area contributed by atoms with E-state index in [-0.39, 0.29) is 5.69 Å². The Bertz CT molecular complexity index is 872. The first-order valence-corrected chi connectivity index (χ1v) is 10.5. The van der Waals surface area contributed by atoms with Crippen molar-refractivity contribution >= 4 is 39.1 Å². The number of sulfonamides is 1. The lowest BCUT2D eigenvalue weighted by Gasteiger charge is -2.28. The van der Waals surface area contributed by atoms with Crippen LogP contribution in [0, 0.1) is 5.82 Å². The zero-order valence-electron chi connectivity index (χ0n) is 14.1. The molecule has 0 aliphatic rings. The Hall–Kier alpha value is -2.06. The highest BCUT2D eigenvalue weighted by molar-refractivity contribution is 7.98. The summed E-state index contributed by atoms with van der Waals surface area (Å²) in [6, 6.07) is 11.5. The van der Waals surface area contributed by atoms with Gasteiger partial charge >= 0.3 is 0 Å². The highest BCUT2D eigenvalue weighted by Gasteiger charge is 2.31. The van der Waals surface area contributed by atoms with E-state index in [0.29, 0.717) is 5.69 Å². The van der Waals surface area contributed by atoms with Gasteiger partial charge in [0.1, 0.15) is 11.9 Å². The monoisotopic (exact) mass is 382 g/mol. The van der Waals surface area contributed by atoms with Crippen LogP contribution in [0.25, 0.3) is 0 Å². The van der Waals surface area contributed by atoms with Gasteiger partial charge in [0, 0.05) is 4.90 Å². The van der Waals surface area contributed by atoms with Crippen LogP contribution in [0.4, 0.5) is 15.8 Å². The van der Waals surface area contributed by atoms with Gasteiger partial charge in [-0.15, -0.1) is 11.8 Å². The third kappa shape index (κ3) is 4.52. The minimum absolute atomic E-state index is 0.161. The molecule has 2 aromatic carbocycles. The first kappa shape index (κ1) is 19.3. The molecular weight excluding hydrogens is 363 g/mol. The lowest BCUT2D eigenvalue weighted by Crippen LogP contribution is -2.45. The van der Waals surface area contributed by atoms with Gasteiger partial charge in [-0.05, 0) is 37.4 Å². The van der Waals surface area contributed by atoms with Crippen molar-refractivity contribution in [2.75, 3.05) is 22.1 Å². The summed E-state index contributed by atoms with van der Waals surface area (Å²) in [5.41, 5.74) is 0.416. The minimum Gasteiger partial charge on any atom is -0.323 e. The van der Waals surface area contributed by atoms with Gasteiger partial charge in [-0.2, -0.15) is 0 Å². The first-order chi connectivity index (χ1) is 11.8. The summed E-state index contributed by atoms with van der Waals surface area (Å²) in [6.07, 6.45) is 2.82. The van der Waals surface area contributed by atoms with Crippen molar-refractivity contribution in [3.8, 4) is 0 Å². The fraction of sp³-hybridized carbons (Fsp3) is 0.235. The molecule has 2 aromatic rings. The van der Waals surface area contributed by atoms with Crippen molar-refractivity contribution < 1.29 is 17.6 Å². The Kier molecular flexibility index (Phi) is 6.07. The predicted molar refractivity (Wildman–Crippen MR) is 100 cm³/mol. The van der Waals surface area contributed by atoms with Crippen molar-refractivity contribution in [3.63, 3.8) is 0 Å². The number of carbonyl (C=O) groups is 1. The number of thioether (sulfide) groups is 1. The smallest absolute Gasteiger partial charge is 0.248 e. The standard InChI is InChI=1S/C17H19FN2O3S2/c1-12(17(21)19-14-9-5-7-11-16(14)24-2)20(25(3,22)23)15-10-6-4-8-13(15)18/h4-12H,1-3H3,(H,19,21)/t12-/m1/s1. The molecular formula is C17H19FN2O3S2. The molecule has 2 rings (SSSR count). The molecule has 0 unspecified atom stereocenters. The average molecular weight is 382 g/mol. The van der Waals surface area contributed by atoms with E-state index in [2.05, 4.69) is 5.32 Å². The van der Waals surface area contributed by atoms with E-state index in [1.165, 1.54) is 36.9 Å². The van der Waals surface area contributed by atoms with Crippen molar-refractivity contribution in [3.05, 3.63) is 54.3 Å². The van der Waals surface area contributed by atoms with E-state index in [4.69, 9.17) is 0 Å². The Morgan fingerprint density at radius 3 is 2.36 bits per heavy atom. The van der Waals surface area contributed by atoms with Crippen LogP contribution in [0.3, 0.4) is 0 Å². The van der Waals surface area contributed by atoms with Gasteiger partial charge in [-0.3, -0.25) is 9.10 Å². The van der Waals surface area contributed by atoms with Crippen LogP contribution in [-0.2, 0) is 14.8 Å². The summed E-state index contributed by atoms with van der Waals surface area (Å²) in [6.45, 7) is 1.42. The van der Waals surface area contributed by atoms with Crippen LogP contribution in [0.2, 0.25) is 0 Å². The summed E-state index contributed by atoms with van der Waals surface area (Å²) in [5.74, 6) is -1.26. The second-order valence-corrected chi connectivity index (χ2v) is 8.08. The van der Waals surface area contributed by atoms with E-state index < -0.39 is 27.8 Å². The first-order valence-electron chi connectivity index (χ1n) is 7.43. The summed E-state index contributed by atoms with van der Waals surface area (Å²) >= 11 is 1.46. The molecule has 0 heterocycles. The highest BCUT2D eigenvalue weighted by atomic mass is 32.2. The molecule has 0 saturated heterocycles. The van der Waals surface area contributed by atoms with Gasteiger partial charge in [0.2, 0.25) is 15.9 Å². The molecule has 0 spiro atoms. The molecule has 8 heteroatoms. The van der Waals surface area contributed by atoms with Crippen LogP contribution >= 0.6 is 11.8 Å². The molecule has 1 N–H and O–H groups in total. The zero-order valence-corrected chi connectivity index (χ0v) is 15.7. The number of carbonyl (C=O) groups excluding carboxylic acids is 1. The van der Waals surface area contributed by atoms with E-state index in [1.54, 1.807) is 12.1 Å². The maximum atomic E-state index is 14.1. The molecule has 0 bridgehead atoms. The van der Waals surface area contributed by atoms with Gasteiger partial charge in [0.05, 0.1) is 17.6 Å². The Labute approximate surface area is 151 Å².